The number of carbonyl (C=O) groups is 1. The number of ether oxygens (including phenoxy) is 1. The fourth-order valence-electron chi connectivity index (χ4n) is 2.20. The van der Waals surface area contributed by atoms with Crippen LogP contribution in [0.25, 0.3) is 0 Å². The summed E-state index contributed by atoms with van der Waals surface area (Å²) in [6.07, 6.45) is 2.62. The van der Waals surface area contributed by atoms with E-state index in [9.17, 15) is 4.79 Å². The average Bonchev–Trinajstić information content (AvgIpc) is 2.59. The highest BCUT2D eigenvalue weighted by atomic mass is 16.7. The first-order valence-electron chi connectivity index (χ1n) is 7.50. The summed E-state index contributed by atoms with van der Waals surface area (Å²) in [5.41, 5.74) is 0.278. The maximum absolute atomic E-state index is 11.1. The molecule has 0 saturated carbocycles. The van der Waals surface area contributed by atoms with Crippen molar-refractivity contribution in [2.24, 2.45) is 0 Å². The first-order chi connectivity index (χ1) is 10.2. The molecule has 1 aromatic rings. The average molecular weight is 302 g/mol. The number of allylic oxidation sites excluding steroid dienone is 1. The molecule has 4 nitrogen and oxygen atoms in total. The largest absolute Gasteiger partial charge is 0.486 e. The molecule has 0 radical (unpaired) electrons. The molecule has 1 fully saturated rings. The van der Waals surface area contributed by atoms with Gasteiger partial charge in [0.2, 0.25) is 0 Å². The molecular weight excluding hydrogens is 279 g/mol. The lowest BCUT2D eigenvalue weighted by Gasteiger charge is -2.32. The molecule has 0 N–H and O–H groups in total. The zero-order chi connectivity index (χ0) is 16.4. The minimum absolute atomic E-state index is 0.317. The molecule has 0 aliphatic carbocycles. The van der Waals surface area contributed by atoms with Gasteiger partial charge in [0.15, 0.2) is 0 Å². The SMILES string of the molecule is CC(=O)Oc1ccccc1C/C=C/B1OC(C)(C)C(C)(C)O1. The Kier molecular flexibility index (Phi) is 4.78. The quantitative estimate of drug-likeness (QED) is 0.486. The molecule has 5 heteroatoms. The van der Waals surface area contributed by atoms with Crippen molar-refractivity contribution in [1.82, 2.24) is 0 Å². The van der Waals surface area contributed by atoms with E-state index < -0.39 is 0 Å². The standard InChI is InChI=1S/C17H23BO4/c1-13(19)20-15-11-7-6-9-14(15)10-8-12-18-21-16(2,3)17(4,5)22-18/h6-9,11-12H,10H2,1-5H3/b12-8+. The van der Waals surface area contributed by atoms with Gasteiger partial charge in [0.1, 0.15) is 5.75 Å². The van der Waals surface area contributed by atoms with Gasteiger partial charge in [-0.05, 0) is 45.7 Å². The number of benzene rings is 1. The fourth-order valence-corrected chi connectivity index (χ4v) is 2.20. The van der Waals surface area contributed by atoms with Gasteiger partial charge in [-0.2, -0.15) is 0 Å². The third kappa shape index (κ3) is 3.78. The summed E-state index contributed by atoms with van der Waals surface area (Å²) in [5.74, 6) is 2.18. The molecule has 1 aliphatic rings. The summed E-state index contributed by atoms with van der Waals surface area (Å²) in [4.78, 5) is 11.1. The predicted molar refractivity (Wildman–Crippen MR) is 86.7 cm³/mol. The molecule has 0 spiro atoms. The molecule has 118 valence electrons. The lowest BCUT2D eigenvalue weighted by atomic mass is 9.89. The van der Waals surface area contributed by atoms with E-state index in [0.29, 0.717) is 12.2 Å². The van der Waals surface area contributed by atoms with Gasteiger partial charge in [-0.15, -0.1) is 0 Å². The van der Waals surface area contributed by atoms with Gasteiger partial charge in [0, 0.05) is 6.92 Å². The number of hydrogen-bond acceptors (Lipinski definition) is 4. The molecule has 22 heavy (non-hydrogen) atoms. The van der Waals surface area contributed by atoms with Crippen LogP contribution >= 0.6 is 0 Å². The van der Waals surface area contributed by atoms with Crippen molar-refractivity contribution in [1.29, 1.82) is 0 Å². The van der Waals surface area contributed by atoms with Gasteiger partial charge in [-0.3, -0.25) is 4.79 Å². The molecule has 0 aromatic heterocycles. The molecule has 1 saturated heterocycles. The van der Waals surface area contributed by atoms with E-state index in [1.165, 1.54) is 6.92 Å². The number of hydrogen-bond donors (Lipinski definition) is 0. The Balaban J connectivity index is 2.01. The van der Waals surface area contributed by atoms with Crippen molar-refractivity contribution < 1.29 is 18.8 Å². The van der Waals surface area contributed by atoms with Crippen molar-refractivity contribution in [3.8, 4) is 5.75 Å². The summed E-state index contributed by atoms with van der Waals surface area (Å²) in [6, 6.07) is 7.50. The van der Waals surface area contributed by atoms with Crippen LogP contribution in [0.5, 0.6) is 5.75 Å². The summed E-state index contributed by atoms with van der Waals surface area (Å²) in [5, 5.41) is 0. The maximum Gasteiger partial charge on any atom is 0.486 e. The van der Waals surface area contributed by atoms with Gasteiger partial charge in [0.25, 0.3) is 0 Å². The number of carbonyl (C=O) groups excluding carboxylic acids is 1. The van der Waals surface area contributed by atoms with Gasteiger partial charge < -0.3 is 14.0 Å². The molecule has 0 unspecified atom stereocenters. The van der Waals surface area contributed by atoms with Gasteiger partial charge >= 0.3 is 13.1 Å². The summed E-state index contributed by atoms with van der Waals surface area (Å²) in [7, 11) is -0.356. The molecule has 0 amide bonds. The van der Waals surface area contributed by atoms with E-state index in [1.54, 1.807) is 6.07 Å². The van der Waals surface area contributed by atoms with Gasteiger partial charge in [-0.25, -0.2) is 0 Å². The molecule has 1 aromatic carbocycles. The van der Waals surface area contributed by atoms with Gasteiger partial charge in [-0.1, -0.05) is 30.3 Å². The first kappa shape index (κ1) is 16.8. The van der Waals surface area contributed by atoms with E-state index in [1.807, 2.05) is 57.9 Å². The van der Waals surface area contributed by atoms with Crippen LogP contribution in [-0.2, 0) is 20.5 Å². The Hall–Kier alpha value is -1.59. The minimum atomic E-state index is -0.356. The Morgan fingerprint density at radius 1 is 1.18 bits per heavy atom. The summed E-state index contributed by atoms with van der Waals surface area (Å²) >= 11 is 0. The highest BCUT2D eigenvalue weighted by molar-refractivity contribution is 6.51. The van der Waals surface area contributed by atoms with E-state index >= 15 is 0 Å². The first-order valence-corrected chi connectivity index (χ1v) is 7.50. The molecular formula is C17H23BO4. The summed E-state index contributed by atoms with van der Waals surface area (Å²) < 4.78 is 17.0. The van der Waals surface area contributed by atoms with Crippen LogP contribution < -0.4 is 4.74 Å². The summed E-state index contributed by atoms with van der Waals surface area (Å²) in [6.45, 7) is 9.50. The topological polar surface area (TPSA) is 44.8 Å². The molecule has 1 aliphatic heterocycles. The molecule has 2 rings (SSSR count). The second kappa shape index (κ2) is 6.27. The van der Waals surface area contributed by atoms with E-state index in [2.05, 4.69) is 0 Å². The van der Waals surface area contributed by atoms with E-state index in [-0.39, 0.29) is 24.3 Å². The molecule has 0 atom stereocenters. The molecule has 1 heterocycles. The Morgan fingerprint density at radius 2 is 1.77 bits per heavy atom. The van der Waals surface area contributed by atoms with Crippen molar-refractivity contribution in [3.63, 3.8) is 0 Å². The zero-order valence-electron chi connectivity index (χ0n) is 13.9. The smallest absolute Gasteiger partial charge is 0.426 e. The second-order valence-electron chi connectivity index (χ2n) is 6.46. The van der Waals surface area contributed by atoms with Crippen molar-refractivity contribution in [2.75, 3.05) is 0 Å². The number of para-hydroxylation sites is 1. The van der Waals surface area contributed by atoms with Crippen molar-refractivity contribution in [2.45, 2.75) is 52.2 Å². The third-order valence-corrected chi connectivity index (χ3v) is 4.13. The maximum atomic E-state index is 11.1. The van der Waals surface area contributed by atoms with Crippen LogP contribution in [0.4, 0.5) is 0 Å². The normalized spacial score (nSPS) is 19.6. The van der Waals surface area contributed by atoms with Gasteiger partial charge in [0.05, 0.1) is 11.2 Å². The monoisotopic (exact) mass is 302 g/mol. The van der Waals surface area contributed by atoms with Crippen LogP contribution in [-0.4, -0.2) is 24.3 Å². The number of rotatable bonds is 4. The van der Waals surface area contributed by atoms with Crippen LogP contribution in [0, 0.1) is 0 Å². The Morgan fingerprint density at radius 3 is 2.36 bits per heavy atom. The van der Waals surface area contributed by atoms with E-state index in [4.69, 9.17) is 14.0 Å². The lowest BCUT2D eigenvalue weighted by molar-refractivity contribution is -0.131. The van der Waals surface area contributed by atoms with Crippen molar-refractivity contribution >= 4 is 13.1 Å². The molecule has 0 bridgehead atoms. The minimum Gasteiger partial charge on any atom is -0.426 e. The fraction of sp³-hybridized carbons (Fsp3) is 0.471. The zero-order valence-corrected chi connectivity index (χ0v) is 13.9. The van der Waals surface area contributed by atoms with Crippen LogP contribution in [0.2, 0.25) is 0 Å². The lowest BCUT2D eigenvalue weighted by Crippen LogP contribution is -2.41. The predicted octanol–water partition coefficient (Wildman–Crippen LogP) is 3.34. The van der Waals surface area contributed by atoms with Crippen LogP contribution in [0.15, 0.2) is 36.3 Å². The highest BCUT2D eigenvalue weighted by Gasteiger charge is 2.49. The van der Waals surface area contributed by atoms with E-state index in [0.717, 1.165) is 5.56 Å². The Bertz CT molecular complexity index is 562. The number of esters is 1. The Labute approximate surface area is 132 Å². The second-order valence-corrected chi connectivity index (χ2v) is 6.46. The highest BCUT2D eigenvalue weighted by Crippen LogP contribution is 2.36. The van der Waals surface area contributed by atoms with Crippen LogP contribution in [0.1, 0.15) is 40.2 Å². The van der Waals surface area contributed by atoms with Crippen LogP contribution in [0.3, 0.4) is 0 Å². The van der Waals surface area contributed by atoms with Crippen molar-refractivity contribution in [3.05, 3.63) is 41.9 Å². The third-order valence-electron chi connectivity index (χ3n) is 4.13.